The first kappa shape index (κ1) is 21.5. The number of guanidine groups is 1. The van der Waals surface area contributed by atoms with Crippen molar-refractivity contribution in [3.63, 3.8) is 0 Å². The van der Waals surface area contributed by atoms with Crippen LogP contribution in [0.2, 0.25) is 0 Å². The maximum absolute atomic E-state index is 14.0. The second-order valence-electron chi connectivity index (χ2n) is 7.50. The minimum atomic E-state index is -0.180. The van der Waals surface area contributed by atoms with Gasteiger partial charge in [-0.3, -0.25) is 4.99 Å². The number of halogens is 1. The molecular formula is C23H29FN6. The Bertz CT molecular complexity index is 981. The lowest BCUT2D eigenvalue weighted by molar-refractivity contribution is 0.392. The summed E-state index contributed by atoms with van der Waals surface area (Å²) in [6, 6.07) is 15.4. The quantitative estimate of drug-likeness (QED) is 0.464. The Kier molecular flexibility index (Phi) is 7.19. The fourth-order valence-electron chi connectivity index (χ4n) is 3.23. The van der Waals surface area contributed by atoms with Gasteiger partial charge in [0.15, 0.2) is 5.96 Å². The molecule has 0 bridgehead atoms. The van der Waals surface area contributed by atoms with E-state index < -0.39 is 0 Å². The maximum Gasteiger partial charge on any atom is 0.191 e. The van der Waals surface area contributed by atoms with Crippen LogP contribution >= 0.6 is 0 Å². The van der Waals surface area contributed by atoms with Crippen molar-refractivity contribution in [3.05, 3.63) is 83.4 Å². The number of nitrogens with one attached hydrogen (secondary N) is 2. The Labute approximate surface area is 177 Å². The van der Waals surface area contributed by atoms with Crippen molar-refractivity contribution in [3.8, 4) is 5.69 Å². The Hall–Kier alpha value is -3.19. The summed E-state index contributed by atoms with van der Waals surface area (Å²) in [4.78, 5) is 6.28. The van der Waals surface area contributed by atoms with Crippen molar-refractivity contribution in [2.45, 2.75) is 26.1 Å². The molecular weight excluding hydrogens is 379 g/mol. The summed E-state index contributed by atoms with van der Waals surface area (Å²) in [7, 11) is 5.60. The van der Waals surface area contributed by atoms with Gasteiger partial charge in [0.1, 0.15) is 5.82 Å². The first-order valence-corrected chi connectivity index (χ1v) is 9.95. The molecule has 0 saturated heterocycles. The van der Waals surface area contributed by atoms with Gasteiger partial charge in [-0.1, -0.05) is 18.2 Å². The molecule has 1 unspecified atom stereocenters. The standard InChI is InChI=1S/C23H29FN6/c1-17(19-7-5-8-21(14-19)30-12-6-11-27-30)28-23(25-2)26-15-18-9-10-22(24)20(13-18)16-29(3)4/h5-14,17H,15-16H2,1-4H3,(H2,25,26,28). The van der Waals surface area contributed by atoms with Gasteiger partial charge in [0, 0.05) is 38.1 Å². The highest BCUT2D eigenvalue weighted by atomic mass is 19.1. The average Bonchev–Trinajstić information content (AvgIpc) is 3.28. The molecule has 0 radical (unpaired) electrons. The zero-order chi connectivity index (χ0) is 21.5. The molecule has 30 heavy (non-hydrogen) atoms. The van der Waals surface area contributed by atoms with Crippen LogP contribution in [0.15, 0.2) is 65.9 Å². The predicted molar refractivity (Wildman–Crippen MR) is 119 cm³/mol. The van der Waals surface area contributed by atoms with E-state index in [4.69, 9.17) is 0 Å². The predicted octanol–water partition coefficient (Wildman–Crippen LogP) is 3.50. The van der Waals surface area contributed by atoms with Gasteiger partial charge < -0.3 is 15.5 Å². The molecule has 2 N–H and O–H groups in total. The Morgan fingerprint density at radius 2 is 2.03 bits per heavy atom. The van der Waals surface area contributed by atoms with Gasteiger partial charge in [0.05, 0.1) is 11.7 Å². The smallest absolute Gasteiger partial charge is 0.191 e. The highest BCUT2D eigenvalue weighted by Gasteiger charge is 2.10. The van der Waals surface area contributed by atoms with Gasteiger partial charge in [0.2, 0.25) is 0 Å². The first-order valence-electron chi connectivity index (χ1n) is 9.95. The summed E-state index contributed by atoms with van der Waals surface area (Å²) in [6.07, 6.45) is 3.68. The highest BCUT2D eigenvalue weighted by molar-refractivity contribution is 5.80. The van der Waals surface area contributed by atoms with Crippen LogP contribution in [0.3, 0.4) is 0 Å². The van der Waals surface area contributed by atoms with Crippen molar-refractivity contribution in [1.82, 2.24) is 25.3 Å². The largest absolute Gasteiger partial charge is 0.352 e. The second kappa shape index (κ2) is 10.0. The third-order valence-corrected chi connectivity index (χ3v) is 4.77. The van der Waals surface area contributed by atoms with Gasteiger partial charge in [-0.05, 0) is 62.5 Å². The van der Waals surface area contributed by atoms with Crippen molar-refractivity contribution in [2.24, 2.45) is 4.99 Å². The van der Waals surface area contributed by atoms with E-state index in [-0.39, 0.29) is 11.9 Å². The number of benzene rings is 2. The van der Waals surface area contributed by atoms with Crippen LogP contribution < -0.4 is 10.6 Å². The van der Waals surface area contributed by atoms with E-state index in [1.807, 2.05) is 54.1 Å². The molecule has 1 atom stereocenters. The van der Waals surface area contributed by atoms with Crippen molar-refractivity contribution in [2.75, 3.05) is 21.1 Å². The Morgan fingerprint density at radius 3 is 2.73 bits per heavy atom. The summed E-state index contributed by atoms with van der Waals surface area (Å²) in [5.41, 5.74) is 3.82. The lowest BCUT2D eigenvalue weighted by atomic mass is 10.1. The SMILES string of the molecule is CN=C(NCc1ccc(F)c(CN(C)C)c1)NC(C)c1cccc(-n2cccn2)c1. The molecule has 0 aliphatic carbocycles. The zero-order valence-electron chi connectivity index (χ0n) is 17.9. The van der Waals surface area contributed by atoms with Gasteiger partial charge in [-0.25, -0.2) is 9.07 Å². The average molecular weight is 409 g/mol. The molecule has 2 aromatic carbocycles. The van der Waals surface area contributed by atoms with Crippen LogP contribution in [0.25, 0.3) is 5.69 Å². The number of hydrogen-bond donors (Lipinski definition) is 2. The third-order valence-electron chi connectivity index (χ3n) is 4.77. The molecule has 3 rings (SSSR count). The number of aromatic nitrogens is 2. The third kappa shape index (κ3) is 5.67. The second-order valence-corrected chi connectivity index (χ2v) is 7.50. The minimum absolute atomic E-state index is 0.0456. The van der Waals surface area contributed by atoms with Crippen LogP contribution in [0, 0.1) is 5.82 Å². The monoisotopic (exact) mass is 408 g/mol. The molecule has 0 aliphatic rings. The fraction of sp³-hybridized carbons (Fsp3) is 0.304. The lowest BCUT2D eigenvalue weighted by Gasteiger charge is -2.19. The maximum atomic E-state index is 14.0. The first-order chi connectivity index (χ1) is 14.5. The summed E-state index contributed by atoms with van der Waals surface area (Å²) < 4.78 is 15.8. The number of nitrogens with zero attached hydrogens (tertiary/aromatic N) is 4. The molecule has 7 heteroatoms. The molecule has 158 valence electrons. The van der Waals surface area contributed by atoms with E-state index in [0.29, 0.717) is 24.6 Å². The molecule has 3 aromatic rings. The summed E-state index contributed by atoms with van der Waals surface area (Å²) in [5.74, 6) is 0.506. The van der Waals surface area contributed by atoms with Gasteiger partial charge >= 0.3 is 0 Å². The minimum Gasteiger partial charge on any atom is -0.352 e. The van der Waals surface area contributed by atoms with Crippen LogP contribution in [0.5, 0.6) is 0 Å². The highest BCUT2D eigenvalue weighted by Crippen LogP contribution is 2.17. The molecule has 6 nitrogen and oxygen atoms in total. The van der Waals surface area contributed by atoms with Crippen LogP contribution in [0.1, 0.15) is 29.7 Å². The lowest BCUT2D eigenvalue weighted by Crippen LogP contribution is -2.38. The topological polar surface area (TPSA) is 57.5 Å². The van der Waals surface area contributed by atoms with E-state index in [1.165, 1.54) is 6.07 Å². The number of rotatable bonds is 7. The number of hydrogen-bond acceptors (Lipinski definition) is 3. The van der Waals surface area contributed by atoms with Crippen LogP contribution in [-0.2, 0) is 13.1 Å². The molecule has 0 spiro atoms. The van der Waals surface area contributed by atoms with E-state index in [9.17, 15) is 4.39 Å². The van der Waals surface area contributed by atoms with E-state index in [1.54, 1.807) is 19.3 Å². The summed E-state index contributed by atoms with van der Waals surface area (Å²) >= 11 is 0. The van der Waals surface area contributed by atoms with E-state index in [0.717, 1.165) is 16.8 Å². The molecule has 0 saturated carbocycles. The van der Waals surface area contributed by atoms with Gasteiger partial charge in [0.25, 0.3) is 0 Å². The summed E-state index contributed by atoms with van der Waals surface area (Å²) in [5, 5.41) is 11.0. The summed E-state index contributed by atoms with van der Waals surface area (Å²) in [6.45, 7) is 3.21. The molecule has 0 fully saturated rings. The molecule has 0 aliphatic heterocycles. The fourth-order valence-corrected chi connectivity index (χ4v) is 3.23. The van der Waals surface area contributed by atoms with Gasteiger partial charge in [-0.15, -0.1) is 0 Å². The molecule has 1 aromatic heterocycles. The van der Waals surface area contributed by atoms with Gasteiger partial charge in [-0.2, -0.15) is 5.10 Å². The van der Waals surface area contributed by atoms with Crippen molar-refractivity contribution < 1.29 is 4.39 Å². The molecule has 1 heterocycles. The zero-order valence-corrected chi connectivity index (χ0v) is 17.9. The van der Waals surface area contributed by atoms with E-state index >= 15 is 0 Å². The Morgan fingerprint density at radius 1 is 1.20 bits per heavy atom. The number of aliphatic imine (C=N–C) groups is 1. The Balaban J connectivity index is 1.63. The normalized spacial score (nSPS) is 12.8. The van der Waals surface area contributed by atoms with Crippen LogP contribution in [-0.4, -0.2) is 41.8 Å². The van der Waals surface area contributed by atoms with Crippen molar-refractivity contribution >= 4 is 5.96 Å². The van der Waals surface area contributed by atoms with E-state index in [2.05, 4.69) is 39.8 Å². The molecule has 0 amide bonds. The van der Waals surface area contributed by atoms with Crippen LogP contribution in [0.4, 0.5) is 4.39 Å². The van der Waals surface area contributed by atoms with Crippen molar-refractivity contribution in [1.29, 1.82) is 0 Å².